The van der Waals surface area contributed by atoms with E-state index in [1.807, 2.05) is 24.3 Å². The van der Waals surface area contributed by atoms with Crippen LogP contribution in [0.4, 0.5) is 30.2 Å². The molecule has 33 heavy (non-hydrogen) atoms. The van der Waals surface area contributed by atoms with E-state index in [2.05, 4.69) is 22.1 Å². The van der Waals surface area contributed by atoms with E-state index in [9.17, 15) is 18.0 Å². The Labute approximate surface area is 190 Å². The average molecular weight is 457 g/mol. The van der Waals surface area contributed by atoms with Gasteiger partial charge < -0.3 is 15.0 Å². The molecule has 0 radical (unpaired) electrons. The van der Waals surface area contributed by atoms with Gasteiger partial charge in [-0.05, 0) is 56.0 Å². The van der Waals surface area contributed by atoms with Crippen molar-refractivity contribution in [3.63, 3.8) is 0 Å². The molecule has 1 saturated heterocycles. The van der Waals surface area contributed by atoms with Crippen LogP contribution in [0.3, 0.4) is 0 Å². The van der Waals surface area contributed by atoms with Crippen molar-refractivity contribution in [3.8, 4) is 0 Å². The summed E-state index contributed by atoms with van der Waals surface area (Å²) in [7, 11) is 0. The molecule has 1 aromatic heterocycles. The van der Waals surface area contributed by atoms with Gasteiger partial charge in [-0.1, -0.05) is 19.1 Å². The fourth-order valence-electron chi connectivity index (χ4n) is 4.12. The number of aromatic nitrogens is 1. The number of fused-ring (bicyclic) bond motifs is 1. The third-order valence-corrected chi connectivity index (χ3v) is 5.98. The summed E-state index contributed by atoms with van der Waals surface area (Å²) >= 11 is 0. The van der Waals surface area contributed by atoms with Crippen molar-refractivity contribution < 1.29 is 22.7 Å². The number of pyridine rings is 1. The molecule has 5 nitrogen and oxygen atoms in total. The Morgan fingerprint density at radius 3 is 2.48 bits per heavy atom. The number of para-hydroxylation sites is 1. The molecule has 4 rings (SSSR count). The van der Waals surface area contributed by atoms with E-state index >= 15 is 0 Å². The van der Waals surface area contributed by atoms with Gasteiger partial charge in [0.1, 0.15) is 5.56 Å². The molecule has 2 aromatic carbocycles. The van der Waals surface area contributed by atoms with Crippen molar-refractivity contribution in [2.75, 3.05) is 29.9 Å². The second kappa shape index (κ2) is 9.29. The minimum Gasteiger partial charge on any atom is -0.462 e. The Balaban J connectivity index is 1.72. The standard InChI is InChI=1S/C25H26F3N3O2/c1-3-33-24(32)20-15-29-23-19(5-4-6-21(23)25(26,27)28)22(20)30-17-7-9-18(10-8-17)31-13-11-16(2)12-14-31/h4-10,15-16H,3,11-14H2,1-2H3,(H,29,30). The third-order valence-electron chi connectivity index (χ3n) is 5.98. The molecule has 174 valence electrons. The Bertz CT molecular complexity index is 1140. The number of esters is 1. The Morgan fingerprint density at radius 1 is 1.15 bits per heavy atom. The topological polar surface area (TPSA) is 54.5 Å². The van der Waals surface area contributed by atoms with Gasteiger partial charge in [0, 0.05) is 36.0 Å². The monoisotopic (exact) mass is 457 g/mol. The van der Waals surface area contributed by atoms with Gasteiger partial charge in [-0.15, -0.1) is 0 Å². The highest BCUT2D eigenvalue weighted by Gasteiger charge is 2.34. The SMILES string of the molecule is CCOC(=O)c1cnc2c(C(F)(F)F)cccc2c1Nc1ccc(N2CCC(C)CC2)cc1. The molecule has 0 unspecified atom stereocenters. The summed E-state index contributed by atoms with van der Waals surface area (Å²) in [4.78, 5) is 18.8. The average Bonchev–Trinajstić information content (AvgIpc) is 2.79. The number of alkyl halides is 3. The van der Waals surface area contributed by atoms with Gasteiger partial charge in [-0.25, -0.2) is 4.79 Å². The van der Waals surface area contributed by atoms with Crippen LogP contribution in [0, 0.1) is 5.92 Å². The van der Waals surface area contributed by atoms with E-state index in [-0.39, 0.29) is 28.8 Å². The number of carbonyl (C=O) groups is 1. The second-order valence-electron chi connectivity index (χ2n) is 8.31. The van der Waals surface area contributed by atoms with Gasteiger partial charge in [0.15, 0.2) is 0 Å². The number of hydrogen-bond donors (Lipinski definition) is 1. The number of benzene rings is 2. The van der Waals surface area contributed by atoms with Gasteiger partial charge in [-0.3, -0.25) is 4.98 Å². The molecule has 8 heteroatoms. The van der Waals surface area contributed by atoms with E-state index in [4.69, 9.17) is 4.74 Å². The van der Waals surface area contributed by atoms with Crippen LogP contribution >= 0.6 is 0 Å². The zero-order chi connectivity index (χ0) is 23.6. The maximum absolute atomic E-state index is 13.5. The van der Waals surface area contributed by atoms with Crippen molar-refractivity contribution in [1.82, 2.24) is 4.98 Å². The van der Waals surface area contributed by atoms with Crippen molar-refractivity contribution in [2.45, 2.75) is 32.9 Å². The summed E-state index contributed by atoms with van der Waals surface area (Å²) < 4.78 is 45.7. The first kappa shape index (κ1) is 22.9. The number of carbonyl (C=O) groups excluding carboxylic acids is 1. The van der Waals surface area contributed by atoms with Gasteiger partial charge >= 0.3 is 12.1 Å². The van der Waals surface area contributed by atoms with Crippen LogP contribution in [-0.2, 0) is 10.9 Å². The molecular weight excluding hydrogens is 431 g/mol. The first-order valence-electron chi connectivity index (χ1n) is 11.1. The lowest BCUT2D eigenvalue weighted by Gasteiger charge is -2.32. The van der Waals surface area contributed by atoms with E-state index in [0.717, 1.165) is 49.8 Å². The molecule has 0 aliphatic carbocycles. The van der Waals surface area contributed by atoms with Crippen LogP contribution in [0.5, 0.6) is 0 Å². The number of nitrogens with zero attached hydrogens (tertiary/aromatic N) is 2. The number of nitrogens with one attached hydrogen (secondary N) is 1. The van der Waals surface area contributed by atoms with E-state index in [0.29, 0.717) is 5.69 Å². The molecule has 1 aliphatic rings. The zero-order valence-corrected chi connectivity index (χ0v) is 18.6. The van der Waals surface area contributed by atoms with Crippen molar-refractivity contribution in [3.05, 3.63) is 59.8 Å². The summed E-state index contributed by atoms with van der Waals surface area (Å²) in [5.41, 5.74) is 0.992. The molecule has 0 atom stereocenters. The molecule has 0 spiro atoms. The van der Waals surface area contributed by atoms with E-state index in [1.54, 1.807) is 6.92 Å². The molecule has 0 bridgehead atoms. The Kier molecular flexibility index (Phi) is 6.44. The summed E-state index contributed by atoms with van der Waals surface area (Å²) in [6, 6.07) is 11.5. The highest BCUT2D eigenvalue weighted by molar-refractivity contribution is 6.06. The van der Waals surface area contributed by atoms with E-state index in [1.165, 1.54) is 12.1 Å². The Hall–Kier alpha value is -3.29. The summed E-state index contributed by atoms with van der Waals surface area (Å²) in [5.74, 6) is 0.0796. The van der Waals surface area contributed by atoms with Crippen molar-refractivity contribution >= 4 is 33.9 Å². The molecular formula is C25H26F3N3O2. The Morgan fingerprint density at radius 2 is 1.85 bits per heavy atom. The highest BCUT2D eigenvalue weighted by atomic mass is 19.4. The molecule has 3 aromatic rings. The number of anilines is 3. The first-order chi connectivity index (χ1) is 15.8. The molecule has 1 fully saturated rings. The lowest BCUT2D eigenvalue weighted by atomic mass is 9.99. The minimum absolute atomic E-state index is 0.0813. The quantitative estimate of drug-likeness (QED) is 0.449. The fraction of sp³-hybridized carbons (Fsp3) is 0.360. The number of rotatable bonds is 5. The van der Waals surface area contributed by atoms with Crippen molar-refractivity contribution in [1.29, 1.82) is 0 Å². The molecule has 1 N–H and O–H groups in total. The smallest absolute Gasteiger partial charge is 0.418 e. The molecule has 1 aliphatic heterocycles. The first-order valence-corrected chi connectivity index (χ1v) is 11.1. The van der Waals surface area contributed by atoms with Crippen LogP contribution < -0.4 is 10.2 Å². The lowest BCUT2D eigenvalue weighted by molar-refractivity contribution is -0.136. The van der Waals surface area contributed by atoms with Crippen LogP contribution in [-0.4, -0.2) is 30.6 Å². The fourth-order valence-corrected chi connectivity index (χ4v) is 4.12. The largest absolute Gasteiger partial charge is 0.462 e. The van der Waals surface area contributed by atoms with E-state index < -0.39 is 17.7 Å². The molecule has 2 heterocycles. The van der Waals surface area contributed by atoms with Gasteiger partial charge in [0.25, 0.3) is 0 Å². The predicted octanol–water partition coefficient (Wildman–Crippen LogP) is 6.41. The zero-order valence-electron chi connectivity index (χ0n) is 18.6. The van der Waals surface area contributed by atoms with Crippen LogP contribution in [0.25, 0.3) is 10.9 Å². The van der Waals surface area contributed by atoms with Gasteiger partial charge in [-0.2, -0.15) is 13.2 Å². The maximum Gasteiger partial charge on any atom is 0.418 e. The third kappa shape index (κ3) is 4.89. The number of halogens is 3. The summed E-state index contributed by atoms with van der Waals surface area (Å²) in [6.45, 7) is 6.06. The van der Waals surface area contributed by atoms with Gasteiger partial charge in [0.2, 0.25) is 0 Å². The number of ether oxygens (including phenoxy) is 1. The van der Waals surface area contributed by atoms with Crippen LogP contribution in [0.2, 0.25) is 0 Å². The van der Waals surface area contributed by atoms with Crippen molar-refractivity contribution in [2.24, 2.45) is 5.92 Å². The van der Waals surface area contributed by atoms with Crippen LogP contribution in [0.1, 0.15) is 42.6 Å². The van der Waals surface area contributed by atoms with Crippen LogP contribution in [0.15, 0.2) is 48.7 Å². The highest BCUT2D eigenvalue weighted by Crippen LogP contribution is 2.38. The van der Waals surface area contributed by atoms with Gasteiger partial charge in [0.05, 0.1) is 23.4 Å². The number of piperidine rings is 1. The molecule has 0 amide bonds. The predicted molar refractivity (Wildman–Crippen MR) is 123 cm³/mol. The lowest BCUT2D eigenvalue weighted by Crippen LogP contribution is -2.32. The summed E-state index contributed by atoms with van der Waals surface area (Å²) in [5, 5.41) is 3.34. The molecule has 0 saturated carbocycles. The minimum atomic E-state index is -4.57. The maximum atomic E-state index is 13.5. The number of hydrogen-bond acceptors (Lipinski definition) is 5. The summed E-state index contributed by atoms with van der Waals surface area (Å²) in [6.07, 6.45) is -1.13. The second-order valence-corrected chi connectivity index (χ2v) is 8.31. The normalized spacial score (nSPS) is 15.0.